The maximum Gasteiger partial charge on any atom is 0.434 e. The van der Waals surface area contributed by atoms with Crippen molar-refractivity contribution in [1.29, 1.82) is 0 Å². The second-order valence-electron chi connectivity index (χ2n) is 11.0. The van der Waals surface area contributed by atoms with Crippen molar-refractivity contribution in [2.24, 2.45) is 17.8 Å². The second kappa shape index (κ2) is 12.5. The van der Waals surface area contributed by atoms with E-state index in [1.807, 2.05) is 0 Å². The van der Waals surface area contributed by atoms with Gasteiger partial charge < -0.3 is 15.0 Å². The summed E-state index contributed by atoms with van der Waals surface area (Å²) < 4.78 is 49.3. The van der Waals surface area contributed by atoms with Crippen molar-refractivity contribution in [2.75, 3.05) is 7.11 Å². The third-order valence-corrected chi connectivity index (χ3v) is 7.43. The lowest BCUT2D eigenvalue weighted by Crippen LogP contribution is -2.39. The van der Waals surface area contributed by atoms with Crippen LogP contribution >= 0.6 is 0 Å². The largest absolute Gasteiger partial charge is 0.480 e. The highest BCUT2D eigenvalue weighted by molar-refractivity contribution is 6.02. The number of rotatable bonds is 9. The van der Waals surface area contributed by atoms with Crippen molar-refractivity contribution in [3.8, 4) is 5.88 Å². The Morgan fingerprint density at radius 2 is 2.00 bits per heavy atom. The molecule has 3 aromatic heterocycles. The van der Waals surface area contributed by atoms with Crippen LogP contribution in [0.15, 0.2) is 75.0 Å². The van der Waals surface area contributed by atoms with E-state index < -0.39 is 23.1 Å². The molecule has 3 aromatic rings. The third-order valence-electron chi connectivity index (χ3n) is 7.43. The van der Waals surface area contributed by atoms with Gasteiger partial charge in [-0.15, -0.1) is 11.5 Å². The van der Waals surface area contributed by atoms with E-state index >= 15 is 0 Å². The van der Waals surface area contributed by atoms with Gasteiger partial charge in [-0.05, 0) is 51.0 Å². The zero-order chi connectivity index (χ0) is 33.3. The van der Waals surface area contributed by atoms with Gasteiger partial charge in [-0.1, -0.05) is 12.7 Å². The first-order valence-corrected chi connectivity index (χ1v) is 14.3. The smallest absolute Gasteiger partial charge is 0.434 e. The predicted octanol–water partition coefficient (Wildman–Crippen LogP) is 4.59. The molecule has 2 aliphatic carbocycles. The fraction of sp³-hybridized carbons (Fsp3) is 0.312. The van der Waals surface area contributed by atoms with Crippen molar-refractivity contribution in [2.45, 2.75) is 51.4 Å². The van der Waals surface area contributed by atoms with Crippen molar-refractivity contribution in [1.82, 2.24) is 28.7 Å². The van der Waals surface area contributed by atoms with Gasteiger partial charge in [0.15, 0.2) is 11.5 Å². The Morgan fingerprint density at radius 1 is 1.26 bits per heavy atom. The zero-order valence-corrected chi connectivity index (χ0v) is 25.6. The van der Waals surface area contributed by atoms with Crippen LogP contribution in [-0.4, -0.2) is 41.6 Å². The van der Waals surface area contributed by atoms with Crippen LogP contribution in [0.3, 0.4) is 0 Å². The van der Waals surface area contributed by atoms with Gasteiger partial charge in [-0.25, -0.2) is 24.7 Å². The van der Waals surface area contributed by atoms with E-state index in [4.69, 9.17) is 10.5 Å². The van der Waals surface area contributed by atoms with Crippen LogP contribution in [-0.2, 0) is 19.8 Å². The molecule has 0 amide bonds. The average molecular weight is 633 g/mol. The first-order valence-electron chi connectivity index (χ1n) is 14.3. The summed E-state index contributed by atoms with van der Waals surface area (Å²) in [5, 5.41) is 0. The van der Waals surface area contributed by atoms with Gasteiger partial charge >= 0.3 is 11.9 Å². The summed E-state index contributed by atoms with van der Waals surface area (Å²) in [7, 11) is 2.78. The molecule has 1 fully saturated rings. The van der Waals surface area contributed by atoms with Gasteiger partial charge in [0, 0.05) is 36.4 Å². The number of alkyl halides is 3. The topological polar surface area (TPSA) is 135 Å². The highest BCUT2D eigenvalue weighted by Gasteiger charge is 2.35. The summed E-state index contributed by atoms with van der Waals surface area (Å²) in [5.41, 5.74) is 12.1. The van der Waals surface area contributed by atoms with Crippen molar-refractivity contribution >= 4 is 23.3 Å². The molecule has 1 saturated carbocycles. The maximum atomic E-state index is 13.5. The molecule has 0 spiro atoms. The van der Waals surface area contributed by atoms with Crippen molar-refractivity contribution in [3.05, 3.63) is 110 Å². The van der Waals surface area contributed by atoms with E-state index in [-0.39, 0.29) is 47.4 Å². The van der Waals surface area contributed by atoms with Crippen LogP contribution in [0.5, 0.6) is 5.88 Å². The van der Waals surface area contributed by atoms with Gasteiger partial charge in [0.1, 0.15) is 23.6 Å². The number of amidine groups is 1. The second-order valence-corrected chi connectivity index (χ2v) is 11.0. The lowest BCUT2D eigenvalue weighted by molar-refractivity contribution is -0.141. The van der Waals surface area contributed by atoms with E-state index in [0.717, 1.165) is 23.6 Å². The van der Waals surface area contributed by atoms with E-state index in [9.17, 15) is 22.8 Å². The molecule has 0 saturated heterocycles. The lowest BCUT2D eigenvalue weighted by Gasteiger charge is -2.16. The Morgan fingerprint density at radius 3 is 2.63 bits per heavy atom. The molecule has 46 heavy (non-hydrogen) atoms. The number of halogens is 3. The standard InChI is InChI=1S/C32H31F3N8O3/c1-6-22-28(40-26(36)24-25(20-13-14-20)37-17-38-29(24)46-5)43(31(45)41(4)30(22)44)15-19-9-7-11-21(12-8-10-19)27-39-23(32(33,34)35)16-42(27)18(2)3/h6-7,10-12,16-18,20H,1,13-15H2,2-5H3,(H2,36,40)/b21-11+. The lowest BCUT2D eigenvalue weighted by atomic mass is 10.1. The molecule has 0 atom stereocenters. The molecule has 3 heterocycles. The van der Waals surface area contributed by atoms with Crippen LogP contribution in [0.4, 0.5) is 19.0 Å². The highest BCUT2D eigenvalue weighted by Crippen LogP contribution is 2.42. The number of methoxy groups -OCH3 is 1. The molecule has 5 rings (SSSR count). The molecule has 0 aromatic carbocycles. The molecule has 2 aliphatic rings. The number of imidazole rings is 1. The minimum Gasteiger partial charge on any atom is -0.480 e. The molecule has 0 aliphatic heterocycles. The van der Waals surface area contributed by atoms with Crippen molar-refractivity contribution < 1.29 is 17.9 Å². The first-order chi connectivity index (χ1) is 21.8. The molecule has 0 bridgehead atoms. The summed E-state index contributed by atoms with van der Waals surface area (Å²) in [4.78, 5) is 43.5. The van der Waals surface area contributed by atoms with Crippen LogP contribution < -0.4 is 21.7 Å². The quantitative estimate of drug-likeness (QED) is 0.207. The van der Waals surface area contributed by atoms with Gasteiger partial charge in [0.2, 0.25) is 5.88 Å². The molecule has 238 valence electrons. The maximum absolute atomic E-state index is 13.5. The van der Waals surface area contributed by atoms with Crippen LogP contribution in [0.1, 0.15) is 67.0 Å². The fourth-order valence-electron chi connectivity index (χ4n) is 4.93. The summed E-state index contributed by atoms with van der Waals surface area (Å²) in [6.07, 6.45) is 6.96. The van der Waals surface area contributed by atoms with E-state index in [0.29, 0.717) is 22.4 Å². The Hall–Kier alpha value is -5.45. The van der Waals surface area contributed by atoms with Crippen molar-refractivity contribution in [3.63, 3.8) is 0 Å². The molecular formula is C32H31F3N8O3. The number of nitrogens with zero attached hydrogens (tertiary/aromatic N) is 7. The third kappa shape index (κ3) is 6.21. The Bertz CT molecular complexity index is 2040. The van der Waals surface area contributed by atoms with E-state index in [1.165, 1.54) is 53.9 Å². The van der Waals surface area contributed by atoms with Crippen LogP contribution in [0.25, 0.3) is 11.6 Å². The molecule has 2 N–H and O–H groups in total. The minimum atomic E-state index is -4.60. The Balaban J connectivity index is 1.61. The average Bonchev–Trinajstić information content (AvgIpc) is 3.75. The zero-order valence-electron chi connectivity index (χ0n) is 25.6. The molecule has 0 unspecified atom stereocenters. The van der Waals surface area contributed by atoms with Crippen LogP contribution in [0.2, 0.25) is 0 Å². The molecule has 14 heteroatoms. The molecular weight excluding hydrogens is 601 g/mol. The number of nitrogens with two attached hydrogens (primary N) is 1. The minimum absolute atomic E-state index is 0.0342. The predicted molar refractivity (Wildman–Crippen MR) is 167 cm³/mol. The van der Waals surface area contributed by atoms with Crippen LogP contribution in [0, 0.1) is 0 Å². The monoisotopic (exact) mass is 632 g/mol. The molecule has 0 radical (unpaired) electrons. The number of hydrogen-bond donors (Lipinski definition) is 1. The summed E-state index contributed by atoms with van der Waals surface area (Å²) in [6.45, 7) is 7.15. The van der Waals surface area contributed by atoms with Gasteiger partial charge in [0.25, 0.3) is 5.56 Å². The number of allylic oxidation sites excluding steroid dienone is 4. The SMILES string of the molecule is C=Cc1c(/N=C(\N)c2c(OC)ncnc2C2CC2)n(CC2=C=C/C=C(/c3nc(C(F)(F)F)cn3C(C)C)C=C=C2)c(=O)n(C)c1=O. The van der Waals surface area contributed by atoms with E-state index in [2.05, 4.69) is 38.0 Å². The summed E-state index contributed by atoms with van der Waals surface area (Å²) in [6, 6.07) is -0.290. The number of ether oxygens (including phenoxy) is 1. The van der Waals surface area contributed by atoms with Gasteiger partial charge in [-0.2, -0.15) is 13.2 Å². The number of aliphatic imine (C=N–C) groups is 1. The number of hydrogen-bond acceptors (Lipinski definition) is 7. The normalized spacial score (nSPS) is 16.2. The molecule has 11 nitrogen and oxygen atoms in total. The summed E-state index contributed by atoms with van der Waals surface area (Å²) in [5.74, 6) is 0.388. The Labute approximate surface area is 261 Å². The Kier molecular flexibility index (Phi) is 8.69. The highest BCUT2D eigenvalue weighted by atomic mass is 19.4. The summed E-state index contributed by atoms with van der Waals surface area (Å²) >= 11 is 0. The van der Waals surface area contributed by atoms with Gasteiger partial charge in [0.05, 0.1) is 24.9 Å². The fourth-order valence-corrected chi connectivity index (χ4v) is 4.93. The first kappa shape index (κ1) is 32.0. The van der Waals surface area contributed by atoms with E-state index in [1.54, 1.807) is 19.9 Å². The number of aromatic nitrogens is 6. The van der Waals surface area contributed by atoms with Gasteiger partial charge in [-0.3, -0.25) is 13.9 Å².